The molecular weight excluding hydrogens is 424 g/mol. The molecule has 1 saturated carbocycles. The van der Waals surface area contributed by atoms with Crippen molar-refractivity contribution in [2.75, 3.05) is 13.2 Å². The largest absolute Gasteiger partial charge is 0.494 e. The number of hydrogen-bond acceptors (Lipinski definition) is 4. The minimum atomic E-state index is -3.75. The number of carbonyl (C=O) groups is 1. The fraction of sp³-hybridized carbons (Fsp3) is 0.409. The predicted molar refractivity (Wildman–Crippen MR) is 115 cm³/mol. The number of carbonyl (C=O) groups excluding carboxylic acids is 1. The highest BCUT2D eigenvalue weighted by Gasteiger charge is 2.33. The molecule has 0 aromatic heterocycles. The van der Waals surface area contributed by atoms with Crippen molar-refractivity contribution >= 4 is 27.5 Å². The Balaban J connectivity index is 1.58. The lowest BCUT2D eigenvalue weighted by Crippen LogP contribution is -2.31. The molecule has 2 aliphatic rings. The average Bonchev–Trinajstić information content (AvgIpc) is 3.39. The van der Waals surface area contributed by atoms with E-state index in [4.69, 9.17) is 16.3 Å². The molecule has 1 aliphatic heterocycles. The Morgan fingerprint density at radius 1 is 1.17 bits per heavy atom. The van der Waals surface area contributed by atoms with Crippen LogP contribution in [0.25, 0.3) is 0 Å². The van der Waals surface area contributed by atoms with E-state index in [-0.39, 0.29) is 27.9 Å². The molecule has 6 nitrogen and oxygen atoms in total. The topological polar surface area (TPSA) is 75.7 Å². The Bertz CT molecular complexity index is 1040. The molecule has 0 unspecified atom stereocenters. The van der Waals surface area contributed by atoms with Crippen LogP contribution in [0, 0.1) is 0 Å². The monoisotopic (exact) mass is 448 g/mol. The van der Waals surface area contributed by atoms with Crippen molar-refractivity contribution in [3.63, 3.8) is 0 Å². The molecule has 2 fully saturated rings. The maximum absolute atomic E-state index is 13.3. The average molecular weight is 449 g/mol. The van der Waals surface area contributed by atoms with E-state index >= 15 is 0 Å². The van der Waals surface area contributed by atoms with Crippen LogP contribution in [0.4, 0.5) is 0 Å². The molecule has 1 atom stereocenters. The summed E-state index contributed by atoms with van der Waals surface area (Å²) in [7, 11) is -3.75. The number of nitrogens with zero attached hydrogens (tertiary/aromatic N) is 1. The first-order chi connectivity index (χ1) is 14.4. The molecule has 8 heteroatoms. The summed E-state index contributed by atoms with van der Waals surface area (Å²) < 4.78 is 33.4. The van der Waals surface area contributed by atoms with Crippen LogP contribution in [0.5, 0.6) is 5.75 Å². The van der Waals surface area contributed by atoms with Crippen molar-refractivity contribution in [1.29, 1.82) is 0 Å². The van der Waals surface area contributed by atoms with E-state index in [2.05, 4.69) is 4.72 Å². The Morgan fingerprint density at radius 2 is 1.90 bits per heavy atom. The van der Waals surface area contributed by atoms with Gasteiger partial charge < -0.3 is 9.64 Å². The third-order valence-electron chi connectivity index (χ3n) is 5.46. The minimum absolute atomic E-state index is 0.0342. The second-order valence-electron chi connectivity index (χ2n) is 7.70. The lowest BCUT2D eigenvalue weighted by molar-refractivity contribution is 0.0735. The van der Waals surface area contributed by atoms with E-state index in [9.17, 15) is 13.2 Å². The summed E-state index contributed by atoms with van der Waals surface area (Å²) in [6.45, 7) is 3.17. The molecule has 0 bridgehead atoms. The SMILES string of the molecule is CCOc1ccc([C@@H]2CCCN2C(=O)c2ccc(Cl)c(S(=O)(=O)NC3CC3)c2)cc1. The number of amides is 1. The first-order valence-corrected chi connectivity index (χ1v) is 12.1. The number of halogens is 1. The highest BCUT2D eigenvalue weighted by Crippen LogP contribution is 2.35. The van der Waals surface area contributed by atoms with E-state index in [0.29, 0.717) is 18.7 Å². The summed E-state index contributed by atoms with van der Waals surface area (Å²) in [4.78, 5) is 15.0. The van der Waals surface area contributed by atoms with E-state index in [1.807, 2.05) is 36.1 Å². The summed E-state index contributed by atoms with van der Waals surface area (Å²) in [5.74, 6) is 0.610. The third kappa shape index (κ3) is 4.48. The second-order valence-corrected chi connectivity index (χ2v) is 9.79. The predicted octanol–water partition coefficient (Wildman–Crippen LogP) is 4.16. The normalized spacial score (nSPS) is 19.1. The van der Waals surface area contributed by atoms with Crippen LogP contribution in [0.15, 0.2) is 47.4 Å². The van der Waals surface area contributed by atoms with Crippen molar-refractivity contribution in [2.24, 2.45) is 0 Å². The summed E-state index contributed by atoms with van der Waals surface area (Å²) in [5, 5.41) is 0.115. The zero-order valence-corrected chi connectivity index (χ0v) is 18.4. The van der Waals surface area contributed by atoms with Gasteiger partial charge in [0.05, 0.1) is 17.7 Å². The molecule has 1 aliphatic carbocycles. The van der Waals surface area contributed by atoms with Crippen LogP contribution in [0.2, 0.25) is 5.02 Å². The first kappa shape index (κ1) is 21.2. The molecule has 1 amide bonds. The third-order valence-corrected chi connectivity index (χ3v) is 7.46. The number of rotatable bonds is 7. The molecule has 2 aromatic rings. The van der Waals surface area contributed by atoms with Gasteiger partial charge >= 0.3 is 0 Å². The van der Waals surface area contributed by atoms with Crippen molar-refractivity contribution in [3.05, 3.63) is 58.6 Å². The van der Waals surface area contributed by atoms with E-state index in [0.717, 1.165) is 37.0 Å². The molecule has 2 aromatic carbocycles. The summed E-state index contributed by atoms with van der Waals surface area (Å²) in [6, 6.07) is 12.2. The van der Waals surface area contributed by atoms with Crippen LogP contribution in [-0.2, 0) is 10.0 Å². The molecule has 4 rings (SSSR count). The lowest BCUT2D eigenvalue weighted by atomic mass is 10.0. The van der Waals surface area contributed by atoms with Crippen molar-refractivity contribution in [2.45, 2.75) is 49.6 Å². The smallest absolute Gasteiger partial charge is 0.254 e. The molecule has 160 valence electrons. The molecule has 0 spiro atoms. The van der Waals surface area contributed by atoms with Gasteiger partial charge in [0.15, 0.2) is 0 Å². The van der Waals surface area contributed by atoms with Gasteiger partial charge in [0, 0.05) is 18.2 Å². The number of hydrogen-bond donors (Lipinski definition) is 1. The fourth-order valence-electron chi connectivity index (χ4n) is 3.80. The Kier molecular flexibility index (Phi) is 6.04. The maximum Gasteiger partial charge on any atom is 0.254 e. The molecule has 1 heterocycles. The quantitative estimate of drug-likeness (QED) is 0.690. The molecule has 1 saturated heterocycles. The van der Waals surface area contributed by atoms with Crippen LogP contribution in [0.3, 0.4) is 0 Å². The van der Waals surface area contributed by atoms with E-state index in [1.165, 1.54) is 12.1 Å². The number of likely N-dealkylation sites (tertiary alicyclic amines) is 1. The molecule has 1 N–H and O–H groups in total. The van der Waals surface area contributed by atoms with Crippen LogP contribution in [0.1, 0.15) is 54.6 Å². The van der Waals surface area contributed by atoms with Gasteiger partial charge in [0.25, 0.3) is 5.91 Å². The van der Waals surface area contributed by atoms with E-state index in [1.54, 1.807) is 6.07 Å². The first-order valence-electron chi connectivity index (χ1n) is 10.2. The zero-order chi connectivity index (χ0) is 21.3. The fourth-order valence-corrected chi connectivity index (χ4v) is 5.63. The second kappa shape index (κ2) is 8.57. The van der Waals surface area contributed by atoms with Gasteiger partial charge in [-0.2, -0.15) is 0 Å². The van der Waals surface area contributed by atoms with Gasteiger partial charge in [0.1, 0.15) is 10.6 Å². The highest BCUT2D eigenvalue weighted by molar-refractivity contribution is 7.89. The van der Waals surface area contributed by atoms with Gasteiger partial charge in [-0.1, -0.05) is 23.7 Å². The maximum atomic E-state index is 13.3. The number of ether oxygens (including phenoxy) is 1. The number of sulfonamides is 1. The van der Waals surface area contributed by atoms with Crippen molar-refractivity contribution in [3.8, 4) is 5.75 Å². The zero-order valence-electron chi connectivity index (χ0n) is 16.8. The Labute approximate surface area is 182 Å². The summed E-state index contributed by atoms with van der Waals surface area (Å²) >= 11 is 6.16. The van der Waals surface area contributed by atoms with Crippen LogP contribution < -0.4 is 9.46 Å². The van der Waals surface area contributed by atoms with Gasteiger partial charge in [-0.05, 0) is 68.5 Å². The standard InChI is InChI=1S/C22H25ClN2O4S/c1-2-29-18-10-5-15(6-11-18)20-4-3-13-25(20)22(26)16-7-12-19(23)21(14-16)30(27,28)24-17-8-9-17/h5-7,10-12,14,17,20,24H,2-4,8-9,13H2,1H3/t20-/m0/s1. The van der Waals surface area contributed by atoms with Crippen molar-refractivity contribution < 1.29 is 17.9 Å². The highest BCUT2D eigenvalue weighted by atomic mass is 35.5. The van der Waals surface area contributed by atoms with E-state index < -0.39 is 10.0 Å². The van der Waals surface area contributed by atoms with Gasteiger partial charge in [-0.3, -0.25) is 4.79 Å². The Hall–Kier alpha value is -2.09. The minimum Gasteiger partial charge on any atom is -0.494 e. The molecule has 30 heavy (non-hydrogen) atoms. The molecular formula is C22H25ClN2O4S. The van der Waals surface area contributed by atoms with Crippen LogP contribution >= 0.6 is 11.6 Å². The number of nitrogens with one attached hydrogen (secondary N) is 1. The van der Waals surface area contributed by atoms with Gasteiger partial charge in [-0.15, -0.1) is 0 Å². The van der Waals surface area contributed by atoms with Crippen molar-refractivity contribution in [1.82, 2.24) is 9.62 Å². The van der Waals surface area contributed by atoms with Gasteiger partial charge in [0.2, 0.25) is 10.0 Å². The Morgan fingerprint density at radius 3 is 2.57 bits per heavy atom. The van der Waals surface area contributed by atoms with Gasteiger partial charge in [-0.25, -0.2) is 13.1 Å². The summed E-state index contributed by atoms with van der Waals surface area (Å²) in [5.41, 5.74) is 1.37. The van der Waals surface area contributed by atoms with Crippen LogP contribution in [-0.4, -0.2) is 38.4 Å². The molecule has 0 radical (unpaired) electrons. The number of benzene rings is 2. The summed E-state index contributed by atoms with van der Waals surface area (Å²) in [6.07, 6.45) is 3.41. The lowest BCUT2D eigenvalue weighted by Gasteiger charge is -2.25.